The van der Waals surface area contributed by atoms with Gasteiger partial charge >= 0.3 is 0 Å². The Balaban J connectivity index is 1.80. The molecule has 0 bridgehead atoms. The fourth-order valence-corrected chi connectivity index (χ4v) is 3.19. The lowest BCUT2D eigenvalue weighted by atomic mass is 10.1. The van der Waals surface area contributed by atoms with Crippen LogP contribution < -0.4 is 5.32 Å². The number of carbonyl (C=O) groups is 1. The highest BCUT2D eigenvalue weighted by Gasteiger charge is 2.23. The van der Waals surface area contributed by atoms with Gasteiger partial charge in [-0.25, -0.2) is 13.5 Å². The van der Waals surface area contributed by atoms with Crippen molar-refractivity contribution in [1.82, 2.24) is 15.1 Å². The molecule has 0 spiro atoms. The van der Waals surface area contributed by atoms with Crippen LogP contribution in [0.25, 0.3) is 0 Å². The SMILES string of the molecule is Cc1nn(Cc2ccccc2)c(Cl)c1C(=O)NC(C)c1ccc(F)cc1F. The number of nitrogens with one attached hydrogen (secondary N) is 1. The summed E-state index contributed by atoms with van der Waals surface area (Å²) >= 11 is 6.37. The molecular weight excluding hydrogens is 372 g/mol. The summed E-state index contributed by atoms with van der Waals surface area (Å²) in [7, 11) is 0. The molecule has 0 aliphatic carbocycles. The molecule has 3 rings (SSSR count). The first-order valence-corrected chi connectivity index (χ1v) is 8.77. The lowest BCUT2D eigenvalue weighted by Gasteiger charge is -2.15. The highest BCUT2D eigenvalue weighted by molar-refractivity contribution is 6.33. The molecule has 0 saturated heterocycles. The van der Waals surface area contributed by atoms with Crippen LogP contribution in [0, 0.1) is 18.6 Å². The Morgan fingerprint density at radius 1 is 1.22 bits per heavy atom. The van der Waals surface area contributed by atoms with E-state index in [0.717, 1.165) is 17.7 Å². The Kier molecular flexibility index (Phi) is 5.56. The maximum absolute atomic E-state index is 13.9. The van der Waals surface area contributed by atoms with E-state index < -0.39 is 23.6 Å². The van der Waals surface area contributed by atoms with E-state index in [9.17, 15) is 13.6 Å². The minimum atomic E-state index is -0.717. The average Bonchev–Trinajstić information content (AvgIpc) is 2.89. The van der Waals surface area contributed by atoms with Crippen LogP contribution in [0.5, 0.6) is 0 Å². The number of hydrogen-bond donors (Lipinski definition) is 1. The highest BCUT2D eigenvalue weighted by atomic mass is 35.5. The number of benzene rings is 2. The number of nitrogens with zero attached hydrogens (tertiary/aromatic N) is 2. The molecule has 0 saturated carbocycles. The zero-order valence-electron chi connectivity index (χ0n) is 14.8. The molecule has 4 nitrogen and oxygen atoms in total. The van der Waals surface area contributed by atoms with Crippen molar-refractivity contribution in [3.8, 4) is 0 Å². The molecule has 1 atom stereocenters. The molecule has 1 amide bonds. The third-order valence-electron chi connectivity index (χ3n) is 4.24. The molecule has 1 heterocycles. The molecule has 0 aliphatic heterocycles. The number of amides is 1. The number of rotatable bonds is 5. The zero-order valence-corrected chi connectivity index (χ0v) is 15.6. The van der Waals surface area contributed by atoms with E-state index in [1.165, 1.54) is 6.07 Å². The summed E-state index contributed by atoms with van der Waals surface area (Å²) in [6.07, 6.45) is 0. The van der Waals surface area contributed by atoms with Crippen molar-refractivity contribution in [2.45, 2.75) is 26.4 Å². The molecule has 1 N–H and O–H groups in total. The lowest BCUT2D eigenvalue weighted by Crippen LogP contribution is -2.27. The van der Waals surface area contributed by atoms with Crippen molar-refractivity contribution >= 4 is 17.5 Å². The van der Waals surface area contributed by atoms with Gasteiger partial charge in [-0.15, -0.1) is 0 Å². The minimum absolute atomic E-state index is 0.190. The fraction of sp³-hybridized carbons (Fsp3) is 0.200. The summed E-state index contributed by atoms with van der Waals surface area (Å²) in [5, 5.41) is 7.24. The molecule has 7 heteroatoms. The number of carbonyl (C=O) groups excluding carboxylic acids is 1. The smallest absolute Gasteiger partial charge is 0.256 e. The van der Waals surface area contributed by atoms with Gasteiger partial charge in [-0.3, -0.25) is 4.79 Å². The molecule has 3 aromatic rings. The Bertz CT molecular complexity index is 973. The summed E-state index contributed by atoms with van der Waals surface area (Å²) in [6.45, 7) is 3.73. The highest BCUT2D eigenvalue weighted by Crippen LogP contribution is 2.23. The monoisotopic (exact) mass is 389 g/mol. The van der Waals surface area contributed by atoms with E-state index in [4.69, 9.17) is 11.6 Å². The van der Waals surface area contributed by atoms with Gasteiger partial charge in [0.25, 0.3) is 5.91 Å². The van der Waals surface area contributed by atoms with Gasteiger partial charge in [0.15, 0.2) is 0 Å². The predicted molar refractivity (Wildman–Crippen MR) is 99.8 cm³/mol. The van der Waals surface area contributed by atoms with Crippen LogP contribution >= 0.6 is 11.6 Å². The zero-order chi connectivity index (χ0) is 19.6. The quantitative estimate of drug-likeness (QED) is 0.689. The number of halogens is 3. The summed E-state index contributed by atoms with van der Waals surface area (Å²) < 4.78 is 28.5. The molecule has 1 aromatic heterocycles. The number of aromatic nitrogens is 2. The molecule has 0 fully saturated rings. The standard InChI is InChI=1S/C20H18ClF2N3O/c1-12(16-9-8-15(22)10-17(16)23)24-20(27)18-13(2)25-26(19(18)21)11-14-6-4-3-5-7-14/h3-10,12H,11H2,1-2H3,(H,24,27). The molecule has 1 unspecified atom stereocenters. The fourth-order valence-electron chi connectivity index (χ4n) is 2.87. The first-order chi connectivity index (χ1) is 12.9. The molecular formula is C20H18ClF2N3O. The van der Waals surface area contributed by atoms with Crippen LogP contribution in [0.2, 0.25) is 5.15 Å². The van der Waals surface area contributed by atoms with Crippen molar-refractivity contribution in [1.29, 1.82) is 0 Å². The number of aryl methyl sites for hydroxylation is 1. The molecule has 140 valence electrons. The van der Waals surface area contributed by atoms with Crippen molar-refractivity contribution < 1.29 is 13.6 Å². The summed E-state index contributed by atoms with van der Waals surface area (Å²) in [4.78, 5) is 12.7. The second kappa shape index (κ2) is 7.88. The summed E-state index contributed by atoms with van der Waals surface area (Å²) in [5.74, 6) is -1.85. The normalized spacial score (nSPS) is 12.0. The van der Waals surface area contributed by atoms with E-state index in [0.29, 0.717) is 12.2 Å². The van der Waals surface area contributed by atoms with E-state index in [1.54, 1.807) is 18.5 Å². The maximum Gasteiger partial charge on any atom is 0.256 e. The van der Waals surface area contributed by atoms with E-state index in [2.05, 4.69) is 10.4 Å². The van der Waals surface area contributed by atoms with Gasteiger partial charge in [0.1, 0.15) is 16.8 Å². The molecule has 0 radical (unpaired) electrons. The molecule has 2 aromatic carbocycles. The van der Waals surface area contributed by atoms with Crippen molar-refractivity contribution in [2.75, 3.05) is 0 Å². The second-order valence-electron chi connectivity index (χ2n) is 6.26. The van der Waals surface area contributed by atoms with Gasteiger partial charge in [0.05, 0.1) is 23.8 Å². The van der Waals surface area contributed by atoms with Gasteiger partial charge < -0.3 is 5.32 Å². The average molecular weight is 390 g/mol. The van der Waals surface area contributed by atoms with Crippen LogP contribution in [-0.4, -0.2) is 15.7 Å². The Labute approximate surface area is 160 Å². The Hall–Kier alpha value is -2.73. The Morgan fingerprint density at radius 2 is 1.93 bits per heavy atom. The van der Waals surface area contributed by atoms with Gasteiger partial charge in [-0.2, -0.15) is 5.10 Å². The Morgan fingerprint density at radius 3 is 2.59 bits per heavy atom. The van der Waals surface area contributed by atoms with Crippen molar-refractivity contribution in [3.05, 3.63) is 87.7 Å². The van der Waals surface area contributed by atoms with Crippen molar-refractivity contribution in [2.24, 2.45) is 0 Å². The summed E-state index contributed by atoms with van der Waals surface area (Å²) in [6, 6.07) is 12.2. The van der Waals surface area contributed by atoms with Gasteiger partial charge in [0, 0.05) is 11.6 Å². The van der Waals surface area contributed by atoms with E-state index in [1.807, 2.05) is 30.3 Å². The van der Waals surface area contributed by atoms with Crippen LogP contribution in [0.1, 0.15) is 40.1 Å². The van der Waals surface area contributed by atoms with E-state index in [-0.39, 0.29) is 16.3 Å². The maximum atomic E-state index is 13.9. The van der Waals surface area contributed by atoms with Crippen LogP contribution in [0.4, 0.5) is 8.78 Å². The first-order valence-electron chi connectivity index (χ1n) is 8.39. The van der Waals surface area contributed by atoms with Gasteiger partial charge in [0.2, 0.25) is 0 Å². The first kappa shape index (κ1) is 19.0. The van der Waals surface area contributed by atoms with Crippen LogP contribution in [0.15, 0.2) is 48.5 Å². The predicted octanol–water partition coefficient (Wildman–Crippen LogP) is 4.66. The third kappa shape index (κ3) is 4.17. The second-order valence-corrected chi connectivity index (χ2v) is 6.61. The molecule has 27 heavy (non-hydrogen) atoms. The van der Waals surface area contributed by atoms with Crippen LogP contribution in [0.3, 0.4) is 0 Å². The molecule has 0 aliphatic rings. The number of hydrogen-bond acceptors (Lipinski definition) is 2. The van der Waals surface area contributed by atoms with Gasteiger partial charge in [-0.1, -0.05) is 48.0 Å². The van der Waals surface area contributed by atoms with E-state index >= 15 is 0 Å². The summed E-state index contributed by atoms with van der Waals surface area (Å²) in [5.41, 5.74) is 1.90. The largest absolute Gasteiger partial charge is 0.345 e. The topological polar surface area (TPSA) is 46.9 Å². The van der Waals surface area contributed by atoms with Crippen molar-refractivity contribution in [3.63, 3.8) is 0 Å². The minimum Gasteiger partial charge on any atom is -0.345 e. The third-order valence-corrected chi connectivity index (χ3v) is 4.63. The van der Waals surface area contributed by atoms with Gasteiger partial charge in [-0.05, 0) is 25.5 Å². The van der Waals surface area contributed by atoms with Crippen LogP contribution in [-0.2, 0) is 6.54 Å². The lowest BCUT2D eigenvalue weighted by molar-refractivity contribution is 0.0939.